The minimum Gasteiger partial charge on any atom is -0.372 e. The molecule has 6 heteroatoms. The van der Waals surface area contributed by atoms with Crippen LogP contribution in [0.4, 0.5) is 17.3 Å². The lowest BCUT2D eigenvalue weighted by Gasteiger charge is -2.08. The van der Waals surface area contributed by atoms with Crippen molar-refractivity contribution in [3.05, 3.63) is 40.6 Å². The van der Waals surface area contributed by atoms with Crippen LogP contribution in [0.3, 0.4) is 0 Å². The van der Waals surface area contributed by atoms with Gasteiger partial charge in [-0.25, -0.2) is 4.98 Å². The Morgan fingerprint density at radius 1 is 1.12 bits per heavy atom. The van der Waals surface area contributed by atoms with E-state index in [2.05, 4.69) is 20.6 Å². The topological polar surface area (TPSA) is 49.8 Å². The number of halogens is 2. The van der Waals surface area contributed by atoms with Gasteiger partial charge in [-0.1, -0.05) is 23.2 Å². The lowest BCUT2D eigenvalue weighted by Crippen LogP contribution is -1.99. The molecule has 1 aromatic heterocycles. The molecule has 2 N–H and O–H groups in total. The molecule has 2 aromatic rings. The van der Waals surface area contributed by atoms with Gasteiger partial charge in [0.05, 0.1) is 23.1 Å². The van der Waals surface area contributed by atoms with Gasteiger partial charge in [0.2, 0.25) is 0 Å². The quantitative estimate of drug-likeness (QED) is 0.894. The maximum absolute atomic E-state index is 6.03. The number of benzene rings is 1. The average Bonchev–Trinajstić information content (AvgIpc) is 2.34. The summed E-state index contributed by atoms with van der Waals surface area (Å²) in [6.07, 6.45) is 3.24. The number of nitrogens with zero attached hydrogens (tertiary/aromatic N) is 2. The summed E-state index contributed by atoms with van der Waals surface area (Å²) in [5, 5.41) is 7.15. The first-order valence-corrected chi connectivity index (χ1v) is 5.66. The van der Waals surface area contributed by atoms with Crippen LogP contribution < -0.4 is 10.6 Å². The summed E-state index contributed by atoms with van der Waals surface area (Å²) in [6, 6.07) is 5.18. The molecule has 88 valence electrons. The van der Waals surface area contributed by atoms with Crippen molar-refractivity contribution in [2.75, 3.05) is 17.7 Å². The maximum Gasteiger partial charge on any atom is 0.151 e. The zero-order chi connectivity index (χ0) is 12.3. The monoisotopic (exact) mass is 268 g/mol. The molecule has 0 atom stereocenters. The van der Waals surface area contributed by atoms with E-state index in [9.17, 15) is 0 Å². The highest BCUT2D eigenvalue weighted by Gasteiger charge is 2.03. The molecule has 0 radical (unpaired) electrons. The van der Waals surface area contributed by atoms with E-state index in [-0.39, 0.29) is 0 Å². The van der Waals surface area contributed by atoms with Crippen LogP contribution in [0.15, 0.2) is 30.6 Å². The van der Waals surface area contributed by atoms with E-state index in [1.54, 1.807) is 37.6 Å². The first kappa shape index (κ1) is 12.0. The van der Waals surface area contributed by atoms with Crippen LogP contribution in [0.2, 0.25) is 10.0 Å². The number of rotatable bonds is 3. The Kier molecular flexibility index (Phi) is 3.66. The molecule has 1 aromatic carbocycles. The van der Waals surface area contributed by atoms with Crippen LogP contribution in [-0.4, -0.2) is 17.0 Å². The first-order valence-electron chi connectivity index (χ1n) is 4.91. The Hall–Kier alpha value is -1.52. The standard InChI is InChI=1S/C11H10Cl2N4/c1-14-10-5-15-6-11(17-10)16-9-4-7(12)2-3-8(9)13/h2-6H,1H3,(H2,14,16,17). The molecule has 0 saturated heterocycles. The van der Waals surface area contributed by atoms with Crippen molar-refractivity contribution in [1.82, 2.24) is 9.97 Å². The van der Waals surface area contributed by atoms with Gasteiger partial charge in [-0.15, -0.1) is 0 Å². The fraction of sp³-hybridized carbons (Fsp3) is 0.0909. The second kappa shape index (κ2) is 5.21. The van der Waals surface area contributed by atoms with Gasteiger partial charge < -0.3 is 10.6 Å². The second-order valence-electron chi connectivity index (χ2n) is 3.29. The summed E-state index contributed by atoms with van der Waals surface area (Å²) in [4.78, 5) is 8.31. The zero-order valence-corrected chi connectivity index (χ0v) is 10.5. The number of nitrogens with one attached hydrogen (secondary N) is 2. The second-order valence-corrected chi connectivity index (χ2v) is 4.13. The molecular formula is C11H10Cl2N4. The van der Waals surface area contributed by atoms with Crippen molar-refractivity contribution < 1.29 is 0 Å². The lowest BCUT2D eigenvalue weighted by molar-refractivity contribution is 1.18. The average molecular weight is 269 g/mol. The summed E-state index contributed by atoms with van der Waals surface area (Å²) >= 11 is 11.9. The highest BCUT2D eigenvalue weighted by molar-refractivity contribution is 6.35. The van der Waals surface area contributed by atoms with E-state index in [1.165, 1.54) is 0 Å². The van der Waals surface area contributed by atoms with Gasteiger partial charge in [0.1, 0.15) is 5.82 Å². The summed E-state index contributed by atoms with van der Waals surface area (Å²) in [7, 11) is 1.78. The summed E-state index contributed by atoms with van der Waals surface area (Å²) in [5.41, 5.74) is 0.696. The molecule has 0 aliphatic carbocycles. The molecular weight excluding hydrogens is 259 g/mol. The van der Waals surface area contributed by atoms with Gasteiger partial charge in [-0.05, 0) is 18.2 Å². The Morgan fingerprint density at radius 3 is 2.65 bits per heavy atom. The molecule has 0 fully saturated rings. The van der Waals surface area contributed by atoms with Crippen LogP contribution in [0.1, 0.15) is 0 Å². The van der Waals surface area contributed by atoms with Gasteiger partial charge in [0, 0.05) is 12.1 Å². The van der Waals surface area contributed by atoms with E-state index >= 15 is 0 Å². The van der Waals surface area contributed by atoms with Crippen molar-refractivity contribution in [3.8, 4) is 0 Å². The largest absolute Gasteiger partial charge is 0.372 e. The van der Waals surface area contributed by atoms with Crippen LogP contribution in [0.25, 0.3) is 0 Å². The predicted molar refractivity (Wildman–Crippen MR) is 71.3 cm³/mol. The van der Waals surface area contributed by atoms with E-state index in [4.69, 9.17) is 23.2 Å². The van der Waals surface area contributed by atoms with Crippen molar-refractivity contribution in [2.24, 2.45) is 0 Å². The van der Waals surface area contributed by atoms with E-state index < -0.39 is 0 Å². The van der Waals surface area contributed by atoms with Crippen LogP contribution in [-0.2, 0) is 0 Å². The van der Waals surface area contributed by atoms with Crippen LogP contribution >= 0.6 is 23.2 Å². The van der Waals surface area contributed by atoms with E-state index in [0.717, 1.165) is 0 Å². The smallest absolute Gasteiger partial charge is 0.151 e. The minimum atomic E-state index is 0.575. The molecule has 0 saturated carbocycles. The number of anilines is 3. The third-order valence-corrected chi connectivity index (χ3v) is 2.65. The minimum absolute atomic E-state index is 0.575. The van der Waals surface area contributed by atoms with Crippen LogP contribution in [0.5, 0.6) is 0 Å². The fourth-order valence-electron chi connectivity index (χ4n) is 1.28. The Balaban J connectivity index is 2.27. The normalized spacial score (nSPS) is 10.1. The number of aromatic nitrogens is 2. The number of hydrogen-bond acceptors (Lipinski definition) is 4. The van der Waals surface area contributed by atoms with Gasteiger partial charge in [-0.2, -0.15) is 0 Å². The SMILES string of the molecule is CNc1cncc(Nc2cc(Cl)ccc2Cl)n1. The molecule has 1 heterocycles. The van der Waals surface area contributed by atoms with Gasteiger partial charge in [0.15, 0.2) is 5.82 Å². The van der Waals surface area contributed by atoms with Crippen molar-refractivity contribution >= 4 is 40.5 Å². The Bertz CT molecular complexity index is 531. The summed E-state index contributed by atoms with van der Waals surface area (Å²) < 4.78 is 0. The Morgan fingerprint density at radius 2 is 1.88 bits per heavy atom. The zero-order valence-electron chi connectivity index (χ0n) is 9.04. The molecule has 0 unspecified atom stereocenters. The third kappa shape index (κ3) is 2.99. The molecule has 2 rings (SSSR count). The summed E-state index contributed by atoms with van der Waals surface area (Å²) in [6.45, 7) is 0. The number of hydrogen-bond donors (Lipinski definition) is 2. The van der Waals surface area contributed by atoms with E-state index in [0.29, 0.717) is 27.4 Å². The molecule has 17 heavy (non-hydrogen) atoms. The lowest BCUT2D eigenvalue weighted by atomic mass is 10.3. The van der Waals surface area contributed by atoms with Crippen molar-refractivity contribution in [2.45, 2.75) is 0 Å². The molecule has 0 bridgehead atoms. The Labute approximate surface area is 109 Å². The van der Waals surface area contributed by atoms with E-state index in [1.807, 2.05) is 0 Å². The predicted octanol–water partition coefficient (Wildman–Crippen LogP) is 3.57. The summed E-state index contributed by atoms with van der Waals surface area (Å²) in [5.74, 6) is 1.27. The maximum atomic E-state index is 6.03. The third-order valence-electron chi connectivity index (χ3n) is 2.08. The van der Waals surface area contributed by atoms with Gasteiger partial charge in [0.25, 0.3) is 0 Å². The van der Waals surface area contributed by atoms with Gasteiger partial charge in [-0.3, -0.25) is 4.98 Å². The molecule has 0 spiro atoms. The van der Waals surface area contributed by atoms with Crippen LogP contribution in [0, 0.1) is 0 Å². The van der Waals surface area contributed by atoms with Crippen molar-refractivity contribution in [1.29, 1.82) is 0 Å². The molecule has 0 amide bonds. The fourth-order valence-corrected chi connectivity index (χ4v) is 1.61. The van der Waals surface area contributed by atoms with Gasteiger partial charge >= 0.3 is 0 Å². The highest BCUT2D eigenvalue weighted by Crippen LogP contribution is 2.27. The van der Waals surface area contributed by atoms with Crippen molar-refractivity contribution in [3.63, 3.8) is 0 Å². The highest BCUT2D eigenvalue weighted by atomic mass is 35.5. The first-order chi connectivity index (χ1) is 8.19. The molecule has 0 aliphatic heterocycles. The molecule has 4 nitrogen and oxygen atoms in total. The molecule has 0 aliphatic rings.